The van der Waals surface area contributed by atoms with E-state index < -0.39 is 0 Å². The van der Waals surface area contributed by atoms with Crippen LogP contribution in [0.4, 0.5) is 0 Å². The van der Waals surface area contributed by atoms with Gasteiger partial charge in [0, 0.05) is 6.21 Å². The lowest BCUT2D eigenvalue weighted by molar-refractivity contribution is 0.410. The molecule has 0 aliphatic carbocycles. The van der Waals surface area contributed by atoms with Gasteiger partial charge >= 0.3 is 0 Å². The molecule has 0 atom stereocenters. The molecule has 0 aromatic rings. The van der Waals surface area contributed by atoms with Crippen molar-refractivity contribution >= 4 is 6.21 Å². The third-order valence-corrected chi connectivity index (χ3v) is 0.329. The summed E-state index contributed by atoms with van der Waals surface area (Å²) in [5.74, 6) is -0.195. The van der Waals surface area contributed by atoms with Crippen LogP contribution >= 0.6 is 0 Å². The topological polar surface area (TPSA) is 32.6 Å². The van der Waals surface area contributed by atoms with Gasteiger partial charge in [0.15, 0.2) is 0 Å². The molecule has 0 aliphatic rings. The lowest BCUT2D eigenvalue weighted by Crippen LogP contribution is -1.67. The third kappa shape index (κ3) is 4.95. The maximum Gasteiger partial charge on any atom is 0.203 e. The van der Waals surface area contributed by atoms with Gasteiger partial charge in [-0.15, -0.1) is 0 Å². The van der Waals surface area contributed by atoms with Gasteiger partial charge in [-0.25, -0.2) is 4.99 Å². The van der Waals surface area contributed by atoms with Crippen LogP contribution in [0.3, 0.4) is 0 Å². The second kappa shape index (κ2) is 3.15. The van der Waals surface area contributed by atoms with Crippen molar-refractivity contribution in [2.75, 3.05) is 0 Å². The molecule has 0 fully saturated rings. The number of aliphatic hydroxyl groups excluding tert-OH is 1. The first-order chi connectivity index (χ1) is 3.27. The summed E-state index contributed by atoms with van der Waals surface area (Å²) in [4.78, 5) is 3.36. The van der Waals surface area contributed by atoms with Crippen LogP contribution in [0.2, 0.25) is 0 Å². The zero-order chi connectivity index (χ0) is 5.70. The predicted molar refractivity (Wildman–Crippen MR) is 30.5 cm³/mol. The van der Waals surface area contributed by atoms with E-state index >= 15 is 0 Å². The van der Waals surface area contributed by atoms with Crippen LogP contribution in [-0.4, -0.2) is 11.3 Å². The molecule has 0 amide bonds. The van der Waals surface area contributed by atoms with Gasteiger partial charge in [-0.2, -0.15) is 0 Å². The second-order valence-corrected chi connectivity index (χ2v) is 0.930. The van der Waals surface area contributed by atoms with Crippen molar-refractivity contribution in [2.45, 2.75) is 0 Å². The van der Waals surface area contributed by atoms with Crippen molar-refractivity contribution in [1.82, 2.24) is 0 Å². The summed E-state index contributed by atoms with van der Waals surface area (Å²) >= 11 is 0. The number of rotatable bonds is 2. The molecule has 2 nitrogen and oxygen atoms in total. The van der Waals surface area contributed by atoms with Crippen LogP contribution in [0.1, 0.15) is 0 Å². The van der Waals surface area contributed by atoms with E-state index in [9.17, 15) is 0 Å². The first-order valence-corrected chi connectivity index (χ1v) is 1.80. The summed E-state index contributed by atoms with van der Waals surface area (Å²) in [7, 11) is 0. The lowest BCUT2D eigenvalue weighted by atomic mass is 10.7. The molecule has 0 aromatic carbocycles. The fraction of sp³-hybridized carbons (Fsp3) is 0. The Balaban J connectivity index is 3.46. The fourth-order valence-electron chi connectivity index (χ4n) is 0.139. The van der Waals surface area contributed by atoms with Gasteiger partial charge in [-0.1, -0.05) is 12.7 Å². The van der Waals surface area contributed by atoms with Gasteiger partial charge in [-0.05, 0) is 6.58 Å². The standard InChI is InChI=1S/C5H7NO/c1-3-4-6-5(2)7/h3-4,7H,1-2H2. The van der Waals surface area contributed by atoms with Gasteiger partial charge in [-0.3, -0.25) is 0 Å². The Bertz CT molecular complexity index is 105. The average molecular weight is 97.1 g/mol. The van der Waals surface area contributed by atoms with E-state index in [2.05, 4.69) is 18.2 Å². The molecule has 0 heterocycles. The zero-order valence-corrected chi connectivity index (χ0v) is 3.96. The maximum atomic E-state index is 8.24. The lowest BCUT2D eigenvalue weighted by Gasteiger charge is -1.77. The van der Waals surface area contributed by atoms with Crippen molar-refractivity contribution in [1.29, 1.82) is 0 Å². The smallest absolute Gasteiger partial charge is 0.203 e. The van der Waals surface area contributed by atoms with Crippen molar-refractivity contribution in [3.63, 3.8) is 0 Å². The summed E-state index contributed by atoms with van der Waals surface area (Å²) in [6.07, 6.45) is 2.82. The van der Waals surface area contributed by atoms with Gasteiger partial charge in [0.25, 0.3) is 0 Å². The van der Waals surface area contributed by atoms with Crippen LogP contribution in [0.5, 0.6) is 0 Å². The molecule has 1 N–H and O–H groups in total. The number of hydrogen-bond acceptors (Lipinski definition) is 2. The Morgan fingerprint density at radius 3 is 2.43 bits per heavy atom. The van der Waals surface area contributed by atoms with Crippen LogP contribution in [0.15, 0.2) is 30.1 Å². The summed E-state index contributed by atoms with van der Waals surface area (Å²) in [6, 6.07) is 0. The van der Waals surface area contributed by atoms with Crippen LogP contribution in [0, 0.1) is 0 Å². The molecular formula is C5H7NO. The first kappa shape index (κ1) is 5.95. The van der Waals surface area contributed by atoms with Crippen molar-refractivity contribution in [2.24, 2.45) is 4.99 Å². The van der Waals surface area contributed by atoms with Crippen LogP contribution in [0.25, 0.3) is 0 Å². The van der Waals surface area contributed by atoms with E-state index in [-0.39, 0.29) is 5.88 Å². The van der Waals surface area contributed by atoms with E-state index in [1.807, 2.05) is 0 Å². The van der Waals surface area contributed by atoms with Crippen molar-refractivity contribution in [3.05, 3.63) is 25.1 Å². The highest BCUT2D eigenvalue weighted by atomic mass is 16.3. The highest BCUT2D eigenvalue weighted by molar-refractivity contribution is 5.70. The summed E-state index contributed by atoms with van der Waals surface area (Å²) < 4.78 is 0. The molecule has 0 aliphatic heterocycles. The van der Waals surface area contributed by atoms with Crippen molar-refractivity contribution < 1.29 is 5.11 Å². The van der Waals surface area contributed by atoms with Gasteiger partial charge in [0.1, 0.15) is 0 Å². The van der Waals surface area contributed by atoms with E-state index in [0.29, 0.717) is 0 Å². The zero-order valence-electron chi connectivity index (χ0n) is 3.96. The van der Waals surface area contributed by atoms with Gasteiger partial charge < -0.3 is 5.11 Å². The molecule has 0 bridgehead atoms. The minimum absolute atomic E-state index is 0.195. The maximum absolute atomic E-state index is 8.24. The molecule has 7 heavy (non-hydrogen) atoms. The molecule has 0 spiro atoms. The monoisotopic (exact) mass is 97.1 g/mol. The molecule has 0 aromatic heterocycles. The number of hydrogen-bond donors (Lipinski definition) is 1. The minimum Gasteiger partial charge on any atom is -0.494 e. The van der Waals surface area contributed by atoms with Gasteiger partial charge in [0.05, 0.1) is 0 Å². The van der Waals surface area contributed by atoms with Crippen LogP contribution < -0.4 is 0 Å². The number of aliphatic hydroxyl groups is 1. The Morgan fingerprint density at radius 2 is 2.29 bits per heavy atom. The Labute approximate surface area is 42.5 Å². The minimum atomic E-state index is -0.195. The summed E-state index contributed by atoms with van der Waals surface area (Å²) in [6.45, 7) is 6.43. The van der Waals surface area contributed by atoms with E-state index in [4.69, 9.17) is 5.11 Å². The summed E-state index contributed by atoms with van der Waals surface area (Å²) in [5.41, 5.74) is 0. The Morgan fingerprint density at radius 1 is 1.71 bits per heavy atom. The highest BCUT2D eigenvalue weighted by Crippen LogP contribution is 1.78. The molecule has 0 unspecified atom stereocenters. The largest absolute Gasteiger partial charge is 0.494 e. The Kier molecular flexibility index (Phi) is 2.68. The summed E-state index contributed by atoms with van der Waals surface area (Å²) in [5, 5.41) is 8.24. The second-order valence-electron chi connectivity index (χ2n) is 0.930. The molecule has 38 valence electrons. The average Bonchev–Trinajstić information content (AvgIpc) is 1.61. The molecule has 2 heteroatoms. The highest BCUT2D eigenvalue weighted by Gasteiger charge is 1.68. The van der Waals surface area contributed by atoms with Crippen LogP contribution in [-0.2, 0) is 0 Å². The van der Waals surface area contributed by atoms with E-state index in [1.165, 1.54) is 12.3 Å². The third-order valence-electron chi connectivity index (χ3n) is 0.329. The van der Waals surface area contributed by atoms with Gasteiger partial charge in [0.2, 0.25) is 5.88 Å². The SMILES string of the molecule is C=CC=NC(=C)O. The fourth-order valence-corrected chi connectivity index (χ4v) is 0.139. The molecule has 0 radical (unpaired) electrons. The first-order valence-electron chi connectivity index (χ1n) is 1.80. The number of aliphatic imine (C=N–C) groups is 1. The van der Waals surface area contributed by atoms with E-state index in [1.54, 1.807) is 0 Å². The quantitative estimate of drug-likeness (QED) is 0.408. The van der Waals surface area contributed by atoms with Crippen molar-refractivity contribution in [3.8, 4) is 0 Å². The van der Waals surface area contributed by atoms with E-state index in [0.717, 1.165) is 0 Å². The number of allylic oxidation sites excluding steroid dienone is 1. The predicted octanol–water partition coefficient (Wildman–Crippen LogP) is 1.27. The molecule has 0 saturated heterocycles. The molecule has 0 rings (SSSR count). The molecular weight excluding hydrogens is 90.1 g/mol. The normalized spacial score (nSPS) is 9.14. The molecule has 0 saturated carbocycles. The number of nitrogens with zero attached hydrogens (tertiary/aromatic N) is 1. The Hall–Kier alpha value is -1.05.